The van der Waals surface area contributed by atoms with E-state index in [0.717, 1.165) is 0 Å². The van der Waals surface area contributed by atoms with Gasteiger partial charge < -0.3 is 27.9 Å². The van der Waals surface area contributed by atoms with Gasteiger partial charge in [-0.05, 0) is 0 Å². The smallest absolute Gasteiger partial charge is 0.756 e. The summed E-state index contributed by atoms with van der Waals surface area (Å²) < 4.78 is 102. The van der Waals surface area contributed by atoms with Gasteiger partial charge in [0, 0.05) is 14.2 Å². The second-order valence-electron chi connectivity index (χ2n) is 3.04. The summed E-state index contributed by atoms with van der Waals surface area (Å²) in [6.45, 7) is -3.72. The van der Waals surface area contributed by atoms with Crippen LogP contribution in [0.1, 0.15) is 0 Å². The van der Waals surface area contributed by atoms with Gasteiger partial charge in [0.25, 0.3) is 15.6 Å². The van der Waals surface area contributed by atoms with Crippen molar-refractivity contribution in [2.45, 2.75) is 12.4 Å². The summed E-state index contributed by atoms with van der Waals surface area (Å²) in [5, 5.41) is 0. The fourth-order valence-electron chi connectivity index (χ4n) is 0.410. The number of phosphoric ester groups is 2. The molecule has 0 N–H and O–H groups in total. The molecule has 0 aromatic rings. The first kappa shape index (κ1) is 28.4. The summed E-state index contributed by atoms with van der Waals surface area (Å²) in [6, 6.07) is 0. The second kappa shape index (κ2) is 11.2. The molecule has 0 aliphatic rings. The SMILES string of the molecule is COP(=O)([O-])OCC(F)(F)F.COP(=O)([O-])OCC(F)(F)F.[Mg+2]. The van der Waals surface area contributed by atoms with E-state index in [2.05, 4.69) is 18.1 Å². The molecule has 0 rings (SSSR count). The number of hydrogen-bond donors (Lipinski definition) is 0. The molecule has 0 saturated heterocycles. The minimum absolute atomic E-state index is 0. The van der Waals surface area contributed by atoms with Crippen molar-refractivity contribution in [3.8, 4) is 0 Å². The van der Waals surface area contributed by atoms with Gasteiger partial charge in [-0.2, -0.15) is 26.3 Å². The number of halogens is 6. The van der Waals surface area contributed by atoms with Crippen LogP contribution >= 0.6 is 15.6 Å². The zero-order valence-electron chi connectivity index (χ0n) is 11.5. The fraction of sp³-hybridized carbons (Fsp3) is 1.00. The molecule has 2 unspecified atom stereocenters. The zero-order valence-corrected chi connectivity index (χ0v) is 14.8. The molecule has 0 aliphatic heterocycles. The second-order valence-corrected chi connectivity index (χ2v) is 6.07. The molecule has 0 amide bonds. The minimum Gasteiger partial charge on any atom is -0.756 e. The maximum absolute atomic E-state index is 11.3. The van der Waals surface area contributed by atoms with Crippen molar-refractivity contribution < 1.29 is 63.4 Å². The average molecular weight is 410 g/mol. The number of phosphoric acid groups is 2. The first-order valence-corrected chi connectivity index (χ1v) is 7.62. The Morgan fingerprint density at radius 2 is 1.00 bits per heavy atom. The van der Waals surface area contributed by atoms with Gasteiger partial charge >= 0.3 is 35.4 Å². The van der Waals surface area contributed by atoms with Crippen LogP contribution in [-0.2, 0) is 27.2 Å². The Balaban J connectivity index is -0.000000333. The van der Waals surface area contributed by atoms with Gasteiger partial charge in [-0.1, -0.05) is 0 Å². The zero-order chi connectivity index (χ0) is 18.2. The molecule has 0 radical (unpaired) electrons. The van der Waals surface area contributed by atoms with Crippen molar-refractivity contribution in [2.75, 3.05) is 27.4 Å². The van der Waals surface area contributed by atoms with Gasteiger partial charge in [0.15, 0.2) is 13.2 Å². The van der Waals surface area contributed by atoms with Crippen LogP contribution in [0.3, 0.4) is 0 Å². The molecule has 0 aromatic carbocycles. The van der Waals surface area contributed by atoms with Crippen molar-refractivity contribution in [2.24, 2.45) is 0 Å². The Labute approximate surface area is 142 Å². The summed E-state index contributed by atoms with van der Waals surface area (Å²) in [6.07, 6.45) is -9.34. The minimum atomic E-state index is -4.74. The van der Waals surface area contributed by atoms with Gasteiger partial charge in [0.2, 0.25) is 0 Å². The Hall–Kier alpha value is 0.566. The molecule has 0 fully saturated rings. The maximum Gasteiger partial charge on any atom is 2.00 e. The van der Waals surface area contributed by atoms with Crippen molar-refractivity contribution in [3.05, 3.63) is 0 Å². The van der Waals surface area contributed by atoms with E-state index in [1.54, 1.807) is 0 Å². The Morgan fingerprint density at radius 3 is 1.13 bits per heavy atom. The van der Waals surface area contributed by atoms with Crippen molar-refractivity contribution in [3.63, 3.8) is 0 Å². The summed E-state index contributed by atoms with van der Waals surface area (Å²) in [7, 11) is -8.05. The summed E-state index contributed by atoms with van der Waals surface area (Å²) in [5.41, 5.74) is 0. The average Bonchev–Trinajstić information content (AvgIpc) is 2.34. The summed E-state index contributed by atoms with van der Waals surface area (Å²) in [5.74, 6) is 0. The molecule has 23 heavy (non-hydrogen) atoms. The van der Waals surface area contributed by atoms with Crippen LogP contribution in [0, 0.1) is 0 Å². The van der Waals surface area contributed by atoms with E-state index in [1.165, 1.54) is 0 Å². The monoisotopic (exact) mass is 410 g/mol. The van der Waals surface area contributed by atoms with E-state index in [-0.39, 0.29) is 23.1 Å². The van der Waals surface area contributed by atoms with Crippen molar-refractivity contribution in [1.82, 2.24) is 0 Å². The first-order valence-electron chi connectivity index (χ1n) is 4.70. The Bertz CT molecular complexity index is 377. The third-order valence-electron chi connectivity index (χ3n) is 1.22. The van der Waals surface area contributed by atoms with E-state index in [9.17, 15) is 45.3 Å². The number of alkyl halides is 6. The quantitative estimate of drug-likeness (QED) is 0.361. The topological polar surface area (TPSA) is 117 Å². The van der Waals surface area contributed by atoms with Gasteiger partial charge in [-0.15, -0.1) is 0 Å². The van der Waals surface area contributed by atoms with Crippen molar-refractivity contribution in [1.29, 1.82) is 0 Å². The standard InChI is InChI=1S/2C3H6F3O4P.Mg/c2*1-9-11(7,8)10-2-3(4,5)6;/h2*2H2,1H3,(H,7,8);/q;;+2/p-2. The molecule has 0 saturated carbocycles. The molecule has 0 aromatic heterocycles. The van der Waals surface area contributed by atoms with Crippen LogP contribution in [-0.4, -0.2) is 62.8 Å². The third kappa shape index (κ3) is 22.6. The molecule has 0 bridgehead atoms. The van der Waals surface area contributed by atoms with E-state index in [4.69, 9.17) is 0 Å². The molecule has 0 spiro atoms. The summed E-state index contributed by atoms with van der Waals surface area (Å²) >= 11 is 0. The van der Waals surface area contributed by atoms with E-state index in [0.29, 0.717) is 14.2 Å². The van der Waals surface area contributed by atoms with Gasteiger partial charge in [-0.25, -0.2) is 0 Å². The molecular formula is C6H10F6MgO8P2. The van der Waals surface area contributed by atoms with E-state index in [1.807, 2.05) is 0 Å². The first-order chi connectivity index (χ1) is 9.54. The van der Waals surface area contributed by atoms with Crippen LogP contribution in [0.2, 0.25) is 0 Å². The molecule has 0 heterocycles. The Morgan fingerprint density at radius 1 is 0.783 bits per heavy atom. The third-order valence-corrected chi connectivity index (χ3v) is 3.00. The molecule has 2 atom stereocenters. The van der Waals surface area contributed by atoms with Crippen LogP contribution in [0.5, 0.6) is 0 Å². The van der Waals surface area contributed by atoms with Gasteiger partial charge in [0.05, 0.1) is 0 Å². The molecular weight excluding hydrogens is 400 g/mol. The summed E-state index contributed by atoms with van der Waals surface area (Å²) in [4.78, 5) is 20.3. The molecule has 136 valence electrons. The normalized spacial score (nSPS) is 17.1. The van der Waals surface area contributed by atoms with Gasteiger partial charge in [0.1, 0.15) is 0 Å². The number of rotatable bonds is 6. The van der Waals surface area contributed by atoms with E-state index >= 15 is 0 Å². The largest absolute Gasteiger partial charge is 2.00 e. The number of hydrogen-bond acceptors (Lipinski definition) is 8. The Kier molecular flexibility index (Phi) is 13.9. The fourth-order valence-corrected chi connectivity index (χ4v) is 1.23. The predicted octanol–water partition coefficient (Wildman–Crippen LogP) is 0.979. The molecule has 0 aliphatic carbocycles. The van der Waals surface area contributed by atoms with Crippen LogP contribution < -0.4 is 9.79 Å². The van der Waals surface area contributed by atoms with Crippen LogP contribution in [0.15, 0.2) is 0 Å². The van der Waals surface area contributed by atoms with Crippen LogP contribution in [0.4, 0.5) is 26.3 Å². The van der Waals surface area contributed by atoms with E-state index < -0.39 is 41.2 Å². The molecule has 8 nitrogen and oxygen atoms in total. The van der Waals surface area contributed by atoms with Crippen molar-refractivity contribution >= 4 is 38.7 Å². The molecule has 17 heteroatoms. The maximum atomic E-state index is 11.3. The van der Waals surface area contributed by atoms with Crippen LogP contribution in [0.25, 0.3) is 0 Å². The van der Waals surface area contributed by atoms with Gasteiger partial charge in [-0.3, -0.25) is 9.13 Å². The predicted molar refractivity (Wildman–Crippen MR) is 59.0 cm³/mol.